The molecule has 0 unspecified atom stereocenters. The van der Waals surface area contributed by atoms with Crippen LogP contribution in [0.3, 0.4) is 0 Å². The van der Waals surface area contributed by atoms with E-state index >= 15 is 0 Å². The molecule has 0 saturated heterocycles. The van der Waals surface area contributed by atoms with Gasteiger partial charge in [0.25, 0.3) is 0 Å². The number of benzene rings is 2. The second-order valence-electron chi connectivity index (χ2n) is 4.17. The van der Waals surface area contributed by atoms with E-state index in [2.05, 4.69) is 10.6 Å². The van der Waals surface area contributed by atoms with Gasteiger partial charge in [-0.3, -0.25) is 0 Å². The van der Waals surface area contributed by atoms with Crippen molar-refractivity contribution in [3.05, 3.63) is 59.4 Å². The quantitative estimate of drug-likeness (QED) is 0.646. The average molecular weight is 325 g/mol. The Morgan fingerprint density at radius 3 is 2.76 bits per heavy atom. The predicted molar refractivity (Wildman–Crippen MR) is 87.6 cm³/mol. The molecule has 110 valence electrons. The van der Waals surface area contributed by atoms with Crippen molar-refractivity contribution in [1.29, 1.82) is 0 Å². The average Bonchev–Trinajstić information content (AvgIpc) is 2.45. The van der Waals surface area contributed by atoms with Crippen LogP contribution < -0.4 is 15.4 Å². The molecule has 0 heterocycles. The molecule has 0 spiro atoms. The number of para-hydroxylation sites is 1. The van der Waals surface area contributed by atoms with Crippen molar-refractivity contribution >= 4 is 34.6 Å². The Bertz CT molecular complexity index is 624. The smallest absolute Gasteiger partial charge is 0.170 e. The molecule has 21 heavy (non-hydrogen) atoms. The molecule has 0 fully saturated rings. The molecular weight excluding hydrogens is 311 g/mol. The number of anilines is 1. The van der Waals surface area contributed by atoms with Gasteiger partial charge >= 0.3 is 0 Å². The Morgan fingerprint density at radius 1 is 1.19 bits per heavy atom. The van der Waals surface area contributed by atoms with E-state index in [4.69, 9.17) is 28.6 Å². The lowest BCUT2D eigenvalue weighted by atomic mass is 10.3. The molecule has 0 saturated carbocycles. The van der Waals surface area contributed by atoms with Gasteiger partial charge in [-0.2, -0.15) is 0 Å². The molecule has 2 rings (SSSR count). The second-order valence-corrected chi connectivity index (χ2v) is 4.99. The van der Waals surface area contributed by atoms with Gasteiger partial charge in [0, 0.05) is 5.69 Å². The van der Waals surface area contributed by atoms with Crippen molar-refractivity contribution in [1.82, 2.24) is 5.32 Å². The molecule has 3 nitrogen and oxygen atoms in total. The van der Waals surface area contributed by atoms with Gasteiger partial charge in [-0.05, 0) is 42.5 Å². The van der Waals surface area contributed by atoms with E-state index < -0.39 is 0 Å². The fourth-order valence-corrected chi connectivity index (χ4v) is 2.04. The zero-order chi connectivity index (χ0) is 15.1. The minimum atomic E-state index is -0.315. The van der Waals surface area contributed by atoms with E-state index in [0.717, 1.165) is 0 Å². The van der Waals surface area contributed by atoms with Crippen molar-refractivity contribution in [2.45, 2.75) is 0 Å². The monoisotopic (exact) mass is 324 g/mol. The van der Waals surface area contributed by atoms with Crippen LogP contribution in [-0.2, 0) is 0 Å². The SMILES string of the molecule is Fc1cccc(NC(=S)NCCOc2ccccc2Cl)c1. The summed E-state index contributed by atoms with van der Waals surface area (Å²) in [5.74, 6) is 0.315. The molecule has 2 N–H and O–H groups in total. The number of hydrogen-bond acceptors (Lipinski definition) is 2. The summed E-state index contributed by atoms with van der Waals surface area (Å²) in [5.41, 5.74) is 0.597. The van der Waals surface area contributed by atoms with Crippen LogP contribution in [0.5, 0.6) is 5.75 Å². The lowest BCUT2D eigenvalue weighted by molar-refractivity contribution is 0.323. The Morgan fingerprint density at radius 2 is 2.00 bits per heavy atom. The molecule has 2 aromatic rings. The number of nitrogens with one attached hydrogen (secondary N) is 2. The molecule has 0 amide bonds. The molecule has 0 aromatic heterocycles. The first-order chi connectivity index (χ1) is 10.1. The van der Waals surface area contributed by atoms with Gasteiger partial charge in [0.15, 0.2) is 5.11 Å². The zero-order valence-corrected chi connectivity index (χ0v) is 12.7. The Labute approximate surface area is 133 Å². The summed E-state index contributed by atoms with van der Waals surface area (Å²) >= 11 is 11.1. The largest absolute Gasteiger partial charge is 0.490 e. The highest BCUT2D eigenvalue weighted by atomic mass is 35.5. The molecule has 0 aliphatic rings. The summed E-state index contributed by atoms with van der Waals surface area (Å²) < 4.78 is 18.5. The summed E-state index contributed by atoms with van der Waals surface area (Å²) in [5, 5.41) is 6.84. The summed E-state index contributed by atoms with van der Waals surface area (Å²) in [6.07, 6.45) is 0. The van der Waals surface area contributed by atoms with Gasteiger partial charge in [0.1, 0.15) is 18.2 Å². The Balaban J connectivity index is 1.71. The summed E-state index contributed by atoms with van der Waals surface area (Å²) in [6.45, 7) is 0.918. The van der Waals surface area contributed by atoms with Gasteiger partial charge in [-0.1, -0.05) is 29.8 Å². The highest BCUT2D eigenvalue weighted by molar-refractivity contribution is 7.80. The van der Waals surface area contributed by atoms with Crippen LogP contribution >= 0.6 is 23.8 Å². The van der Waals surface area contributed by atoms with Crippen LogP contribution in [0.4, 0.5) is 10.1 Å². The minimum absolute atomic E-state index is 0.315. The van der Waals surface area contributed by atoms with Crippen molar-refractivity contribution in [2.75, 3.05) is 18.5 Å². The lowest BCUT2D eigenvalue weighted by Gasteiger charge is -2.12. The van der Waals surface area contributed by atoms with Gasteiger partial charge in [-0.15, -0.1) is 0 Å². The standard InChI is InChI=1S/C15H14ClFN2OS/c16-13-6-1-2-7-14(13)20-9-8-18-15(21)19-12-5-3-4-11(17)10-12/h1-7,10H,8-9H2,(H2,18,19,21). The highest BCUT2D eigenvalue weighted by Crippen LogP contribution is 2.22. The molecular formula is C15H14ClFN2OS. The van der Waals surface area contributed by atoms with Crippen LogP contribution in [0.2, 0.25) is 5.02 Å². The summed E-state index contributed by atoms with van der Waals surface area (Å²) in [4.78, 5) is 0. The maximum Gasteiger partial charge on any atom is 0.170 e. The Hall–Kier alpha value is -1.85. The van der Waals surface area contributed by atoms with Crippen LogP contribution in [0.25, 0.3) is 0 Å². The molecule has 2 aromatic carbocycles. The number of thiocarbonyl (C=S) groups is 1. The van der Waals surface area contributed by atoms with Crippen LogP contribution in [0, 0.1) is 5.82 Å². The molecule has 0 aliphatic carbocycles. The fraction of sp³-hybridized carbons (Fsp3) is 0.133. The van der Waals surface area contributed by atoms with E-state index in [-0.39, 0.29) is 5.82 Å². The third kappa shape index (κ3) is 5.21. The highest BCUT2D eigenvalue weighted by Gasteiger charge is 2.01. The third-order valence-electron chi connectivity index (χ3n) is 2.56. The third-order valence-corrected chi connectivity index (χ3v) is 3.12. The molecule has 0 bridgehead atoms. The van der Waals surface area contributed by atoms with Gasteiger partial charge in [0.05, 0.1) is 11.6 Å². The van der Waals surface area contributed by atoms with Crippen molar-refractivity contribution in [2.24, 2.45) is 0 Å². The zero-order valence-electron chi connectivity index (χ0n) is 11.1. The van der Waals surface area contributed by atoms with Crippen LogP contribution in [-0.4, -0.2) is 18.3 Å². The summed E-state index contributed by atoms with van der Waals surface area (Å²) in [6, 6.07) is 13.3. The molecule has 0 aliphatic heterocycles. The van der Waals surface area contributed by atoms with Crippen molar-refractivity contribution < 1.29 is 9.13 Å². The normalized spacial score (nSPS) is 10.0. The minimum Gasteiger partial charge on any atom is -0.490 e. The Kier molecular flexibility index (Phi) is 5.78. The van der Waals surface area contributed by atoms with Gasteiger partial charge in [-0.25, -0.2) is 4.39 Å². The number of halogens is 2. The molecule has 0 radical (unpaired) electrons. The molecule has 0 atom stereocenters. The maximum atomic E-state index is 13.0. The van der Waals surface area contributed by atoms with Crippen LogP contribution in [0.1, 0.15) is 0 Å². The predicted octanol–water partition coefficient (Wildman–Crippen LogP) is 3.84. The fourth-order valence-electron chi connectivity index (χ4n) is 1.63. The first-order valence-electron chi connectivity index (χ1n) is 6.33. The maximum absolute atomic E-state index is 13.0. The van der Waals surface area contributed by atoms with E-state index in [9.17, 15) is 4.39 Å². The summed E-state index contributed by atoms with van der Waals surface area (Å²) in [7, 11) is 0. The topological polar surface area (TPSA) is 33.3 Å². The van der Waals surface area contributed by atoms with E-state index in [0.29, 0.717) is 34.7 Å². The lowest BCUT2D eigenvalue weighted by Crippen LogP contribution is -2.31. The van der Waals surface area contributed by atoms with Crippen molar-refractivity contribution in [3.63, 3.8) is 0 Å². The molecule has 6 heteroatoms. The van der Waals surface area contributed by atoms with E-state index in [1.807, 2.05) is 12.1 Å². The number of rotatable bonds is 5. The van der Waals surface area contributed by atoms with E-state index in [1.165, 1.54) is 12.1 Å². The first kappa shape index (κ1) is 15.5. The number of ether oxygens (including phenoxy) is 1. The first-order valence-corrected chi connectivity index (χ1v) is 7.11. The van der Waals surface area contributed by atoms with Crippen LogP contribution in [0.15, 0.2) is 48.5 Å². The number of hydrogen-bond donors (Lipinski definition) is 2. The van der Waals surface area contributed by atoms with Gasteiger partial charge < -0.3 is 15.4 Å². The second kappa shape index (κ2) is 7.81. The van der Waals surface area contributed by atoms with Gasteiger partial charge in [0.2, 0.25) is 0 Å². The van der Waals surface area contributed by atoms with E-state index in [1.54, 1.807) is 24.3 Å². The van der Waals surface area contributed by atoms with Crippen molar-refractivity contribution in [3.8, 4) is 5.75 Å².